The maximum absolute atomic E-state index is 13.3. The first-order chi connectivity index (χ1) is 8.02. The average Bonchev–Trinajstić information content (AvgIpc) is 2.26. The van der Waals surface area contributed by atoms with Crippen LogP contribution in [0.25, 0.3) is 6.08 Å². The van der Waals surface area contributed by atoms with Gasteiger partial charge in [-0.2, -0.15) is 0 Å². The number of halogens is 1. The Balaban J connectivity index is 2.97. The highest BCUT2D eigenvalue weighted by atomic mass is 19.1. The molecule has 3 nitrogen and oxygen atoms in total. The van der Waals surface area contributed by atoms with Gasteiger partial charge in [-0.3, -0.25) is 0 Å². The van der Waals surface area contributed by atoms with Gasteiger partial charge in [-0.15, -0.1) is 0 Å². The van der Waals surface area contributed by atoms with Crippen LogP contribution in [0.4, 0.5) is 10.1 Å². The average molecular weight is 237 g/mol. The van der Waals surface area contributed by atoms with Crippen molar-refractivity contribution < 1.29 is 14.3 Å². The zero-order valence-electron chi connectivity index (χ0n) is 9.98. The van der Waals surface area contributed by atoms with Gasteiger partial charge in [0.2, 0.25) is 0 Å². The van der Waals surface area contributed by atoms with Crippen LogP contribution in [0, 0.1) is 5.82 Å². The summed E-state index contributed by atoms with van der Waals surface area (Å²) >= 11 is 0. The molecule has 1 rings (SSSR count). The SMILES string of the molecule is CCCN(C)c1cc(F)cc(/C=C/C(=O)O)c1. The van der Waals surface area contributed by atoms with Crippen molar-refractivity contribution in [1.29, 1.82) is 0 Å². The minimum Gasteiger partial charge on any atom is -0.478 e. The van der Waals surface area contributed by atoms with E-state index in [1.807, 2.05) is 18.9 Å². The van der Waals surface area contributed by atoms with Crippen LogP contribution in [0.3, 0.4) is 0 Å². The molecule has 0 atom stereocenters. The number of benzene rings is 1. The number of hydrogen-bond donors (Lipinski definition) is 1. The van der Waals surface area contributed by atoms with Gasteiger partial charge in [-0.1, -0.05) is 6.92 Å². The number of carboxylic acid groups (broad SMARTS) is 1. The molecule has 1 aromatic carbocycles. The van der Waals surface area contributed by atoms with Crippen molar-refractivity contribution in [3.63, 3.8) is 0 Å². The van der Waals surface area contributed by atoms with E-state index >= 15 is 0 Å². The summed E-state index contributed by atoms with van der Waals surface area (Å²) in [6.45, 7) is 2.87. The smallest absolute Gasteiger partial charge is 0.328 e. The molecule has 4 heteroatoms. The van der Waals surface area contributed by atoms with E-state index in [1.165, 1.54) is 18.2 Å². The normalized spacial score (nSPS) is 10.8. The first kappa shape index (κ1) is 13.2. The van der Waals surface area contributed by atoms with E-state index in [0.29, 0.717) is 5.56 Å². The zero-order chi connectivity index (χ0) is 12.8. The summed E-state index contributed by atoms with van der Waals surface area (Å²) in [6, 6.07) is 4.51. The minimum absolute atomic E-state index is 0.365. The third kappa shape index (κ3) is 4.26. The van der Waals surface area contributed by atoms with Crippen molar-refractivity contribution in [2.24, 2.45) is 0 Å². The molecule has 0 aliphatic heterocycles. The molecule has 0 saturated heterocycles. The fraction of sp³-hybridized carbons (Fsp3) is 0.308. The Hall–Kier alpha value is -1.84. The topological polar surface area (TPSA) is 40.5 Å². The Morgan fingerprint density at radius 3 is 2.76 bits per heavy atom. The molecule has 1 N–H and O–H groups in total. The molecule has 0 radical (unpaired) electrons. The second-order valence-electron chi connectivity index (χ2n) is 3.84. The maximum atomic E-state index is 13.3. The van der Waals surface area contributed by atoms with Crippen LogP contribution in [0.1, 0.15) is 18.9 Å². The predicted octanol–water partition coefficient (Wildman–Crippen LogP) is 2.77. The lowest BCUT2D eigenvalue weighted by Crippen LogP contribution is -2.17. The Bertz CT molecular complexity index is 429. The van der Waals surface area contributed by atoms with Gasteiger partial charge < -0.3 is 10.0 Å². The zero-order valence-corrected chi connectivity index (χ0v) is 9.98. The minimum atomic E-state index is -1.04. The molecule has 0 unspecified atom stereocenters. The summed E-state index contributed by atoms with van der Waals surface area (Å²) in [5.74, 6) is -1.41. The molecule has 0 bridgehead atoms. The molecule has 1 aromatic rings. The number of anilines is 1. The van der Waals surface area contributed by atoms with Crippen molar-refractivity contribution in [1.82, 2.24) is 0 Å². The molecule has 0 spiro atoms. The number of nitrogens with zero attached hydrogens (tertiary/aromatic N) is 1. The molecule has 0 saturated carbocycles. The van der Waals surface area contributed by atoms with E-state index in [4.69, 9.17) is 5.11 Å². The van der Waals surface area contributed by atoms with Crippen molar-refractivity contribution >= 4 is 17.7 Å². The van der Waals surface area contributed by atoms with Crippen LogP contribution >= 0.6 is 0 Å². The number of carboxylic acids is 1. The lowest BCUT2D eigenvalue weighted by molar-refractivity contribution is -0.131. The summed E-state index contributed by atoms with van der Waals surface area (Å²) in [6.07, 6.45) is 3.35. The predicted molar refractivity (Wildman–Crippen MR) is 66.6 cm³/mol. The first-order valence-electron chi connectivity index (χ1n) is 5.45. The number of aliphatic carboxylic acids is 1. The number of carbonyl (C=O) groups is 1. The Morgan fingerprint density at radius 1 is 1.47 bits per heavy atom. The van der Waals surface area contributed by atoms with E-state index in [9.17, 15) is 9.18 Å². The van der Waals surface area contributed by atoms with Gasteiger partial charge >= 0.3 is 5.97 Å². The van der Waals surface area contributed by atoms with E-state index in [-0.39, 0.29) is 5.82 Å². The van der Waals surface area contributed by atoms with Crippen molar-refractivity contribution in [3.05, 3.63) is 35.7 Å². The Morgan fingerprint density at radius 2 is 2.18 bits per heavy atom. The van der Waals surface area contributed by atoms with Gasteiger partial charge in [-0.05, 0) is 36.3 Å². The van der Waals surface area contributed by atoms with Gasteiger partial charge in [0.05, 0.1) is 0 Å². The van der Waals surface area contributed by atoms with Crippen LogP contribution in [0.15, 0.2) is 24.3 Å². The molecule has 0 heterocycles. The Kier molecular flexibility index (Phi) is 4.69. The third-order valence-electron chi connectivity index (χ3n) is 2.32. The van der Waals surface area contributed by atoms with E-state index in [1.54, 1.807) is 6.07 Å². The monoisotopic (exact) mass is 237 g/mol. The standard InChI is InChI=1S/C13H16FNO2/c1-3-6-15(2)12-8-10(4-5-13(16)17)7-11(14)9-12/h4-5,7-9H,3,6H2,1-2H3,(H,16,17)/b5-4+. The summed E-state index contributed by atoms with van der Waals surface area (Å²) < 4.78 is 13.3. The first-order valence-corrected chi connectivity index (χ1v) is 5.45. The fourth-order valence-corrected chi connectivity index (χ4v) is 1.54. The fourth-order valence-electron chi connectivity index (χ4n) is 1.54. The molecule has 0 aromatic heterocycles. The number of hydrogen-bond acceptors (Lipinski definition) is 2. The van der Waals surface area contributed by atoms with Crippen molar-refractivity contribution in [2.75, 3.05) is 18.5 Å². The van der Waals surface area contributed by atoms with E-state index in [2.05, 4.69) is 0 Å². The van der Waals surface area contributed by atoms with Crippen molar-refractivity contribution in [2.45, 2.75) is 13.3 Å². The van der Waals surface area contributed by atoms with E-state index < -0.39 is 5.97 Å². The van der Waals surface area contributed by atoms with Gasteiger partial charge in [0.15, 0.2) is 0 Å². The molecule has 0 aliphatic rings. The molecule has 92 valence electrons. The largest absolute Gasteiger partial charge is 0.478 e. The second kappa shape index (κ2) is 6.03. The number of rotatable bonds is 5. The summed E-state index contributed by atoms with van der Waals surface area (Å²) in [4.78, 5) is 12.3. The lowest BCUT2D eigenvalue weighted by atomic mass is 10.1. The summed E-state index contributed by atoms with van der Waals surface area (Å²) in [5, 5.41) is 8.52. The van der Waals surface area contributed by atoms with Crippen LogP contribution in [0.2, 0.25) is 0 Å². The highest BCUT2D eigenvalue weighted by Crippen LogP contribution is 2.18. The molecular formula is C13H16FNO2. The van der Waals surface area contributed by atoms with Gasteiger partial charge in [0, 0.05) is 25.4 Å². The molecule has 17 heavy (non-hydrogen) atoms. The molecular weight excluding hydrogens is 221 g/mol. The van der Waals surface area contributed by atoms with Gasteiger partial charge in [0.1, 0.15) is 5.82 Å². The van der Waals surface area contributed by atoms with Crippen LogP contribution in [-0.4, -0.2) is 24.7 Å². The Labute approximate surface area is 100 Å². The lowest BCUT2D eigenvalue weighted by Gasteiger charge is -2.18. The van der Waals surface area contributed by atoms with Crippen LogP contribution in [-0.2, 0) is 4.79 Å². The highest BCUT2D eigenvalue weighted by Gasteiger charge is 2.03. The van der Waals surface area contributed by atoms with Gasteiger partial charge in [0.25, 0.3) is 0 Å². The van der Waals surface area contributed by atoms with Crippen molar-refractivity contribution in [3.8, 4) is 0 Å². The van der Waals surface area contributed by atoms with E-state index in [0.717, 1.165) is 24.7 Å². The second-order valence-corrected chi connectivity index (χ2v) is 3.84. The molecule has 0 amide bonds. The van der Waals surface area contributed by atoms with Gasteiger partial charge in [-0.25, -0.2) is 9.18 Å². The summed E-state index contributed by atoms with van der Waals surface area (Å²) in [7, 11) is 1.88. The summed E-state index contributed by atoms with van der Waals surface area (Å²) in [5.41, 5.74) is 1.29. The molecule has 0 aliphatic carbocycles. The molecule has 0 fully saturated rings. The van der Waals surface area contributed by atoms with Crippen LogP contribution in [0.5, 0.6) is 0 Å². The van der Waals surface area contributed by atoms with Crippen LogP contribution < -0.4 is 4.90 Å². The third-order valence-corrected chi connectivity index (χ3v) is 2.32. The quantitative estimate of drug-likeness (QED) is 0.800. The maximum Gasteiger partial charge on any atom is 0.328 e. The highest BCUT2D eigenvalue weighted by molar-refractivity contribution is 5.85.